The number of nitrogens with zero attached hydrogens (tertiary/aromatic N) is 6. The van der Waals surface area contributed by atoms with Crippen molar-refractivity contribution in [3.63, 3.8) is 0 Å². The molecule has 0 spiro atoms. The van der Waals surface area contributed by atoms with Crippen LogP contribution in [0, 0.1) is 0 Å². The van der Waals surface area contributed by atoms with E-state index in [1.54, 1.807) is 7.05 Å². The number of aryl methyl sites for hydroxylation is 1. The first kappa shape index (κ1) is 16.6. The fraction of sp³-hybridized carbons (Fsp3) is 0.750. The third-order valence-electron chi connectivity index (χ3n) is 3.45. The Morgan fingerprint density at radius 3 is 2.67 bits per heavy atom. The van der Waals surface area contributed by atoms with E-state index < -0.39 is 22.5 Å². The van der Waals surface area contributed by atoms with Crippen LogP contribution < -0.4 is 29.6 Å². The van der Waals surface area contributed by atoms with Gasteiger partial charge in [0.05, 0.1) is 12.1 Å². The van der Waals surface area contributed by atoms with E-state index in [9.17, 15) is 17.8 Å². The van der Waals surface area contributed by atoms with Gasteiger partial charge in [0, 0.05) is 13.6 Å². The average molecular weight is 326 g/mol. The predicted molar refractivity (Wildman–Crippen MR) is 59.3 cm³/mol. The molecule has 110 valence electrons. The topological polar surface area (TPSA) is 134 Å². The van der Waals surface area contributed by atoms with Crippen LogP contribution in [0.1, 0.15) is 24.7 Å². The first-order chi connectivity index (χ1) is 9.37. The molecular formula is C8H11N6NaO5S. The smallest absolute Gasteiger partial charge is 0.724 e. The van der Waals surface area contributed by atoms with Gasteiger partial charge in [0.15, 0.2) is 5.82 Å². The summed E-state index contributed by atoms with van der Waals surface area (Å²) in [6, 6.07) is -1.48. The van der Waals surface area contributed by atoms with Gasteiger partial charge < -0.3 is 9.45 Å². The van der Waals surface area contributed by atoms with Crippen molar-refractivity contribution < 1.29 is 51.6 Å². The number of carbonyl (C=O) groups excluding carboxylic acids is 1. The van der Waals surface area contributed by atoms with Gasteiger partial charge in [-0.25, -0.2) is 17.9 Å². The van der Waals surface area contributed by atoms with Crippen LogP contribution in [-0.4, -0.2) is 61.8 Å². The van der Waals surface area contributed by atoms with Crippen molar-refractivity contribution in [2.75, 3.05) is 6.54 Å². The maximum atomic E-state index is 12.1. The first-order valence-electron chi connectivity index (χ1n) is 5.84. The Morgan fingerprint density at radius 2 is 2.10 bits per heavy atom. The molecule has 0 saturated carbocycles. The number of hydroxylamine groups is 2. The number of urea groups is 1. The van der Waals surface area contributed by atoms with Crippen LogP contribution in [0.3, 0.4) is 0 Å². The molecule has 2 fully saturated rings. The summed E-state index contributed by atoms with van der Waals surface area (Å²) in [6.07, 6.45) is 1.05. The number of amides is 2. The van der Waals surface area contributed by atoms with Gasteiger partial charge >= 0.3 is 35.6 Å². The summed E-state index contributed by atoms with van der Waals surface area (Å²) in [4.78, 5) is 13.5. The molecule has 11 nitrogen and oxygen atoms in total. The van der Waals surface area contributed by atoms with E-state index in [0.29, 0.717) is 23.7 Å². The number of rotatable bonds is 3. The van der Waals surface area contributed by atoms with Gasteiger partial charge in [-0.3, -0.25) is 0 Å². The Balaban J connectivity index is 0.00000161. The molecule has 21 heavy (non-hydrogen) atoms. The second kappa shape index (κ2) is 5.78. The zero-order valence-corrected chi connectivity index (χ0v) is 14.2. The third-order valence-corrected chi connectivity index (χ3v) is 3.79. The molecule has 2 amide bonds. The Labute approximate surface area is 142 Å². The van der Waals surface area contributed by atoms with Crippen LogP contribution in [0.5, 0.6) is 0 Å². The monoisotopic (exact) mass is 326 g/mol. The summed E-state index contributed by atoms with van der Waals surface area (Å²) in [5.41, 5.74) is 0. The van der Waals surface area contributed by atoms with Gasteiger partial charge in [0.1, 0.15) is 0 Å². The molecule has 2 atom stereocenters. The van der Waals surface area contributed by atoms with Crippen molar-refractivity contribution in [3.8, 4) is 0 Å². The molecule has 0 aliphatic carbocycles. The van der Waals surface area contributed by atoms with Crippen molar-refractivity contribution in [1.82, 2.24) is 30.2 Å². The Bertz CT molecular complexity index is 649. The molecule has 0 N–H and O–H groups in total. The summed E-state index contributed by atoms with van der Waals surface area (Å²) in [5.74, 6) is 0.503. The van der Waals surface area contributed by atoms with Crippen LogP contribution in [0.25, 0.3) is 0 Å². The van der Waals surface area contributed by atoms with Crippen LogP contribution in [0.15, 0.2) is 0 Å². The van der Waals surface area contributed by atoms with E-state index in [-0.39, 0.29) is 42.1 Å². The van der Waals surface area contributed by atoms with E-state index in [1.165, 1.54) is 9.58 Å². The number of hydrogen-bond donors (Lipinski definition) is 0. The van der Waals surface area contributed by atoms with Crippen molar-refractivity contribution in [2.24, 2.45) is 7.05 Å². The SMILES string of the molecule is Cn1nnnc1[C@@H]1CC[C@@H]2CN1C(=O)N2OS(=O)(=O)[O-].[Na+]. The first-order valence-corrected chi connectivity index (χ1v) is 7.17. The normalized spacial score (nSPS) is 25.1. The van der Waals surface area contributed by atoms with E-state index in [0.717, 1.165) is 0 Å². The summed E-state index contributed by atoms with van der Waals surface area (Å²) >= 11 is 0. The molecule has 3 rings (SSSR count). The van der Waals surface area contributed by atoms with Gasteiger partial charge in [-0.1, -0.05) is 0 Å². The van der Waals surface area contributed by atoms with E-state index in [1.807, 2.05) is 0 Å². The molecule has 1 aromatic rings. The number of hydrogen-bond acceptors (Lipinski definition) is 8. The molecule has 1 aromatic heterocycles. The molecule has 3 heterocycles. The minimum absolute atomic E-state index is 0. The molecule has 2 aliphatic heterocycles. The van der Waals surface area contributed by atoms with Crippen LogP contribution in [-0.2, 0) is 21.7 Å². The second-order valence-electron chi connectivity index (χ2n) is 4.65. The Hall–Kier alpha value is -0.790. The number of piperidine rings is 1. The van der Waals surface area contributed by atoms with Gasteiger partial charge in [-0.2, -0.15) is 9.35 Å². The number of aromatic nitrogens is 4. The maximum absolute atomic E-state index is 12.1. The van der Waals surface area contributed by atoms with E-state index in [4.69, 9.17) is 0 Å². The van der Waals surface area contributed by atoms with E-state index in [2.05, 4.69) is 19.8 Å². The van der Waals surface area contributed by atoms with Gasteiger partial charge in [-0.15, -0.1) is 5.10 Å². The van der Waals surface area contributed by atoms with Crippen molar-refractivity contribution >= 4 is 16.4 Å². The fourth-order valence-electron chi connectivity index (χ4n) is 2.62. The summed E-state index contributed by atoms with van der Waals surface area (Å²) in [5, 5.41) is 11.7. The molecular weight excluding hydrogens is 315 g/mol. The maximum Gasteiger partial charge on any atom is 1.00 e. The second-order valence-corrected chi connectivity index (χ2v) is 5.62. The van der Waals surface area contributed by atoms with Crippen LogP contribution in [0.4, 0.5) is 4.79 Å². The summed E-state index contributed by atoms with van der Waals surface area (Å²) < 4.78 is 37.6. The minimum atomic E-state index is -4.98. The standard InChI is InChI=1S/C8H12N6O5S.Na/c1-12-7(9-10-11-12)6-3-2-5-4-13(6)8(15)14(5)19-20(16,17)18;/h5-6H,2-4H2,1H3,(H,16,17,18);/q;+1/p-1/t5-,6+;/m1./s1. The quantitative estimate of drug-likeness (QED) is 0.308. The van der Waals surface area contributed by atoms with Gasteiger partial charge in [0.2, 0.25) is 10.4 Å². The zero-order valence-electron chi connectivity index (χ0n) is 11.4. The van der Waals surface area contributed by atoms with Crippen molar-refractivity contribution in [1.29, 1.82) is 0 Å². The van der Waals surface area contributed by atoms with Gasteiger partial charge in [-0.05, 0) is 23.3 Å². The largest absolute Gasteiger partial charge is 1.00 e. The molecule has 0 unspecified atom stereocenters. The minimum Gasteiger partial charge on any atom is -0.724 e. The third kappa shape index (κ3) is 3.05. The molecule has 2 aliphatic rings. The fourth-order valence-corrected chi connectivity index (χ4v) is 3.00. The number of tetrazole rings is 1. The van der Waals surface area contributed by atoms with Crippen LogP contribution in [0.2, 0.25) is 0 Å². The summed E-state index contributed by atoms with van der Waals surface area (Å²) in [7, 11) is -3.32. The molecule has 0 aromatic carbocycles. The molecule has 13 heteroatoms. The Morgan fingerprint density at radius 1 is 1.38 bits per heavy atom. The molecule has 2 bridgehead atoms. The van der Waals surface area contributed by atoms with Crippen molar-refractivity contribution in [2.45, 2.75) is 24.9 Å². The average Bonchev–Trinajstić information content (AvgIpc) is 2.87. The van der Waals surface area contributed by atoms with Gasteiger partial charge in [0.25, 0.3) is 0 Å². The number of carbonyl (C=O) groups is 1. The Kier molecular flexibility index (Phi) is 4.56. The van der Waals surface area contributed by atoms with Crippen molar-refractivity contribution in [3.05, 3.63) is 5.82 Å². The molecule has 0 radical (unpaired) electrons. The summed E-state index contributed by atoms with van der Waals surface area (Å²) in [6.45, 7) is 0.270. The van der Waals surface area contributed by atoms with Crippen LogP contribution >= 0.6 is 0 Å². The number of fused-ring (bicyclic) bond motifs is 2. The zero-order chi connectivity index (χ0) is 14.5. The predicted octanol–water partition coefficient (Wildman–Crippen LogP) is -4.45. The molecule has 2 saturated heterocycles. The van der Waals surface area contributed by atoms with E-state index >= 15 is 0 Å².